The molecule has 0 saturated carbocycles. The zero-order chi connectivity index (χ0) is 20.1. The van der Waals surface area contributed by atoms with Crippen LogP contribution in [-0.2, 0) is 11.2 Å². The normalized spacial score (nSPS) is 14.8. The summed E-state index contributed by atoms with van der Waals surface area (Å²) in [6.45, 7) is 1.04. The predicted octanol–water partition coefficient (Wildman–Crippen LogP) is 3.46. The van der Waals surface area contributed by atoms with Crippen molar-refractivity contribution in [1.82, 2.24) is 10.2 Å². The number of benzene rings is 2. The molecule has 28 heavy (non-hydrogen) atoms. The molecular weight excluding hydrogens is 369 g/mol. The van der Waals surface area contributed by atoms with Crippen LogP contribution in [0.15, 0.2) is 42.5 Å². The summed E-state index contributed by atoms with van der Waals surface area (Å²) in [7, 11) is 0. The fourth-order valence-electron chi connectivity index (χ4n) is 3.25. The van der Waals surface area contributed by atoms with Gasteiger partial charge >= 0.3 is 0 Å². The highest BCUT2D eigenvalue weighted by Crippen LogP contribution is 2.15. The van der Waals surface area contributed by atoms with Crippen molar-refractivity contribution in [3.05, 3.63) is 71.0 Å². The molecule has 1 aliphatic rings. The third-order valence-corrected chi connectivity index (χ3v) is 4.90. The minimum absolute atomic E-state index is 0.0481. The first kappa shape index (κ1) is 19.9. The number of carbonyl (C=O) groups excluding carboxylic acids is 2. The van der Waals surface area contributed by atoms with E-state index in [2.05, 4.69) is 5.32 Å². The van der Waals surface area contributed by atoms with E-state index in [-0.39, 0.29) is 24.3 Å². The number of piperidine rings is 1. The van der Waals surface area contributed by atoms with Crippen molar-refractivity contribution in [1.29, 1.82) is 0 Å². The maximum Gasteiger partial charge on any atom is 0.251 e. The quantitative estimate of drug-likeness (QED) is 0.850. The van der Waals surface area contributed by atoms with E-state index in [4.69, 9.17) is 0 Å². The minimum atomic E-state index is -0.914. The van der Waals surface area contributed by atoms with Crippen LogP contribution in [0.4, 0.5) is 13.2 Å². The fraction of sp³-hybridized carbons (Fsp3) is 0.333. The third kappa shape index (κ3) is 5.12. The SMILES string of the molecule is O=C(NC1CCN(C(=O)CCc2ccc(F)c(F)c2)CC1)c1ccc(F)cc1. The van der Waals surface area contributed by atoms with Gasteiger partial charge in [-0.15, -0.1) is 0 Å². The lowest BCUT2D eigenvalue weighted by atomic mass is 10.0. The van der Waals surface area contributed by atoms with Crippen LogP contribution in [0.5, 0.6) is 0 Å². The van der Waals surface area contributed by atoms with Crippen molar-refractivity contribution in [2.24, 2.45) is 0 Å². The Hall–Kier alpha value is -2.83. The van der Waals surface area contributed by atoms with Crippen LogP contribution in [0.25, 0.3) is 0 Å². The highest BCUT2D eigenvalue weighted by atomic mass is 19.2. The smallest absolute Gasteiger partial charge is 0.251 e. The third-order valence-electron chi connectivity index (χ3n) is 4.90. The number of nitrogens with one attached hydrogen (secondary N) is 1. The first-order valence-electron chi connectivity index (χ1n) is 9.20. The van der Waals surface area contributed by atoms with Gasteiger partial charge in [0.15, 0.2) is 11.6 Å². The monoisotopic (exact) mass is 390 g/mol. The van der Waals surface area contributed by atoms with Crippen LogP contribution in [0.1, 0.15) is 35.2 Å². The van der Waals surface area contributed by atoms with E-state index in [0.29, 0.717) is 43.5 Å². The van der Waals surface area contributed by atoms with Crippen LogP contribution in [0, 0.1) is 17.5 Å². The average Bonchev–Trinajstić information content (AvgIpc) is 2.69. The van der Waals surface area contributed by atoms with E-state index in [1.54, 1.807) is 4.90 Å². The summed E-state index contributed by atoms with van der Waals surface area (Å²) in [5, 5.41) is 2.91. The van der Waals surface area contributed by atoms with E-state index in [0.717, 1.165) is 12.1 Å². The van der Waals surface area contributed by atoms with Gasteiger partial charge < -0.3 is 10.2 Å². The molecule has 0 atom stereocenters. The number of aryl methyl sites for hydroxylation is 1. The molecule has 1 heterocycles. The molecule has 2 amide bonds. The molecular formula is C21H21F3N2O2. The molecule has 148 valence electrons. The Kier molecular flexibility index (Phi) is 6.34. The van der Waals surface area contributed by atoms with E-state index >= 15 is 0 Å². The van der Waals surface area contributed by atoms with E-state index < -0.39 is 17.5 Å². The van der Waals surface area contributed by atoms with Gasteiger partial charge in [0.2, 0.25) is 5.91 Å². The molecule has 0 radical (unpaired) electrons. The summed E-state index contributed by atoms with van der Waals surface area (Å²) >= 11 is 0. The number of rotatable bonds is 5. The molecule has 2 aromatic carbocycles. The molecule has 0 aliphatic carbocycles. The number of likely N-dealkylation sites (tertiary alicyclic amines) is 1. The van der Waals surface area contributed by atoms with Gasteiger partial charge in [0.25, 0.3) is 5.91 Å². The summed E-state index contributed by atoms with van der Waals surface area (Å²) in [6, 6.07) is 8.94. The Labute approximate surface area is 161 Å². The Morgan fingerprint density at radius 2 is 1.64 bits per heavy atom. The first-order chi connectivity index (χ1) is 13.4. The van der Waals surface area contributed by atoms with Crippen molar-refractivity contribution in [3.63, 3.8) is 0 Å². The second-order valence-electron chi connectivity index (χ2n) is 6.88. The lowest BCUT2D eigenvalue weighted by Gasteiger charge is -2.32. The summed E-state index contributed by atoms with van der Waals surface area (Å²) < 4.78 is 39.1. The first-order valence-corrected chi connectivity index (χ1v) is 9.20. The molecule has 2 aromatic rings. The van der Waals surface area contributed by atoms with Crippen molar-refractivity contribution in [2.45, 2.75) is 31.7 Å². The van der Waals surface area contributed by atoms with Crippen molar-refractivity contribution in [3.8, 4) is 0 Å². The zero-order valence-electron chi connectivity index (χ0n) is 15.3. The van der Waals surface area contributed by atoms with Gasteiger partial charge in [-0.3, -0.25) is 9.59 Å². The summed E-state index contributed by atoms with van der Waals surface area (Å²) in [5.41, 5.74) is 0.972. The average molecular weight is 390 g/mol. The standard InChI is InChI=1S/C21H21F3N2O2/c22-16-5-3-15(4-6-16)21(28)25-17-9-11-26(12-10-17)20(27)8-2-14-1-7-18(23)19(24)13-14/h1,3-7,13,17H,2,8-12H2,(H,25,28). The van der Waals surface area contributed by atoms with Gasteiger partial charge in [0.05, 0.1) is 0 Å². The van der Waals surface area contributed by atoms with Crippen LogP contribution in [0.3, 0.4) is 0 Å². The molecule has 7 heteroatoms. The van der Waals surface area contributed by atoms with Gasteiger partial charge in [-0.1, -0.05) is 6.07 Å². The van der Waals surface area contributed by atoms with Gasteiger partial charge in [-0.25, -0.2) is 13.2 Å². The van der Waals surface area contributed by atoms with Crippen molar-refractivity contribution >= 4 is 11.8 Å². The zero-order valence-corrected chi connectivity index (χ0v) is 15.3. The molecule has 0 spiro atoms. The second kappa shape index (κ2) is 8.91. The minimum Gasteiger partial charge on any atom is -0.349 e. The largest absolute Gasteiger partial charge is 0.349 e. The number of carbonyl (C=O) groups is 2. The lowest BCUT2D eigenvalue weighted by molar-refractivity contribution is -0.132. The summed E-state index contributed by atoms with van der Waals surface area (Å²) in [6.07, 6.45) is 1.82. The molecule has 3 rings (SSSR count). The Bertz CT molecular complexity index is 847. The fourth-order valence-corrected chi connectivity index (χ4v) is 3.25. The number of hydrogen-bond acceptors (Lipinski definition) is 2. The number of nitrogens with zero attached hydrogens (tertiary/aromatic N) is 1. The molecule has 0 bridgehead atoms. The molecule has 1 saturated heterocycles. The van der Waals surface area contributed by atoms with Crippen LogP contribution in [0.2, 0.25) is 0 Å². The van der Waals surface area contributed by atoms with E-state index in [1.807, 2.05) is 0 Å². The van der Waals surface area contributed by atoms with Gasteiger partial charge in [0.1, 0.15) is 5.82 Å². The summed E-state index contributed by atoms with van der Waals surface area (Å²) in [4.78, 5) is 26.2. The molecule has 1 N–H and O–H groups in total. The Balaban J connectivity index is 1.44. The lowest BCUT2D eigenvalue weighted by Crippen LogP contribution is -2.46. The number of halogens is 3. The molecule has 4 nitrogen and oxygen atoms in total. The topological polar surface area (TPSA) is 49.4 Å². The van der Waals surface area contributed by atoms with E-state index in [1.165, 1.54) is 30.3 Å². The van der Waals surface area contributed by atoms with Crippen molar-refractivity contribution < 1.29 is 22.8 Å². The van der Waals surface area contributed by atoms with Crippen LogP contribution in [-0.4, -0.2) is 35.8 Å². The number of hydrogen-bond donors (Lipinski definition) is 1. The highest BCUT2D eigenvalue weighted by Gasteiger charge is 2.24. The van der Waals surface area contributed by atoms with Gasteiger partial charge in [0, 0.05) is 31.1 Å². The van der Waals surface area contributed by atoms with E-state index in [9.17, 15) is 22.8 Å². The van der Waals surface area contributed by atoms with Crippen molar-refractivity contribution in [2.75, 3.05) is 13.1 Å². The maximum absolute atomic E-state index is 13.2. The van der Waals surface area contributed by atoms with Crippen LogP contribution < -0.4 is 5.32 Å². The maximum atomic E-state index is 13.2. The summed E-state index contributed by atoms with van der Waals surface area (Å²) in [5.74, 6) is -2.52. The van der Waals surface area contributed by atoms with Gasteiger partial charge in [-0.05, 0) is 61.2 Å². The molecule has 1 aliphatic heterocycles. The Morgan fingerprint density at radius 1 is 0.964 bits per heavy atom. The molecule has 0 aromatic heterocycles. The second-order valence-corrected chi connectivity index (χ2v) is 6.88. The number of amides is 2. The molecule has 0 unspecified atom stereocenters. The molecule has 1 fully saturated rings. The Morgan fingerprint density at radius 3 is 2.29 bits per heavy atom. The van der Waals surface area contributed by atoms with Crippen LogP contribution >= 0.6 is 0 Å². The highest BCUT2D eigenvalue weighted by molar-refractivity contribution is 5.94. The predicted molar refractivity (Wildman–Crippen MR) is 98.1 cm³/mol. The van der Waals surface area contributed by atoms with Gasteiger partial charge in [-0.2, -0.15) is 0 Å².